The van der Waals surface area contributed by atoms with Crippen molar-refractivity contribution >= 4 is 11.9 Å². The van der Waals surface area contributed by atoms with Crippen LogP contribution in [0.25, 0.3) is 0 Å². The summed E-state index contributed by atoms with van der Waals surface area (Å²) in [5, 5.41) is 8.97. The second-order valence-corrected chi connectivity index (χ2v) is 8.35. The van der Waals surface area contributed by atoms with Crippen molar-refractivity contribution in [3.05, 3.63) is 31.5 Å². The molecule has 2 N–H and O–H groups in total. The lowest BCUT2D eigenvalue weighted by molar-refractivity contribution is -0.144. The molecule has 11 heteroatoms. The van der Waals surface area contributed by atoms with Crippen LogP contribution in [-0.2, 0) is 32.2 Å². The summed E-state index contributed by atoms with van der Waals surface area (Å²) in [5.41, 5.74) is -2.76. The molecule has 0 aliphatic heterocycles. The Kier molecular flexibility index (Phi) is 13.1. The molecule has 33 heavy (non-hydrogen) atoms. The summed E-state index contributed by atoms with van der Waals surface area (Å²) in [5.74, 6) is -0.461. The Hall–Kier alpha value is -2.69. The summed E-state index contributed by atoms with van der Waals surface area (Å²) in [7, 11) is 0. The number of rotatable bonds is 16. The number of aliphatic hydroxyl groups is 1. The fourth-order valence-electron chi connectivity index (χ4n) is 3.02. The molecule has 1 aromatic rings. The maximum atomic E-state index is 12.6. The van der Waals surface area contributed by atoms with Gasteiger partial charge in [0.15, 0.2) is 0 Å². The predicted molar refractivity (Wildman–Crippen MR) is 121 cm³/mol. The molecule has 0 fully saturated rings. The number of carbonyl (C=O) groups excluding carboxylic acids is 2. The van der Waals surface area contributed by atoms with E-state index in [0.29, 0.717) is 18.8 Å². The van der Waals surface area contributed by atoms with Crippen LogP contribution >= 0.6 is 0 Å². The molecule has 0 aliphatic carbocycles. The Labute approximate surface area is 192 Å². The van der Waals surface area contributed by atoms with Crippen molar-refractivity contribution in [1.82, 2.24) is 14.1 Å². The van der Waals surface area contributed by atoms with Crippen molar-refractivity contribution in [3.8, 4) is 0 Å². The summed E-state index contributed by atoms with van der Waals surface area (Å²) >= 11 is 0. The van der Waals surface area contributed by atoms with Crippen molar-refractivity contribution in [1.29, 1.82) is 0 Å². The quantitative estimate of drug-likeness (QED) is 0.265. The first-order valence-corrected chi connectivity index (χ1v) is 11.6. The molecule has 11 nitrogen and oxygen atoms in total. The average Bonchev–Trinajstić information content (AvgIpc) is 2.78. The minimum Gasteiger partial charge on any atom is -0.466 e. The molecule has 0 saturated heterocycles. The number of nitrogens with one attached hydrogen (secondary N) is 1. The molecule has 0 aliphatic rings. The molecule has 0 spiro atoms. The van der Waals surface area contributed by atoms with Gasteiger partial charge in [-0.1, -0.05) is 27.2 Å². The smallest absolute Gasteiger partial charge is 0.336 e. The Balaban J connectivity index is 2.58. The number of ether oxygens (including phenoxy) is 2. The fraction of sp³-hybridized carbons (Fsp3) is 0.773. The van der Waals surface area contributed by atoms with Crippen molar-refractivity contribution in [3.63, 3.8) is 0 Å². The Morgan fingerprint density at radius 3 is 1.76 bits per heavy atom. The van der Waals surface area contributed by atoms with Gasteiger partial charge in [0.2, 0.25) is 0 Å². The Morgan fingerprint density at radius 2 is 1.33 bits per heavy atom. The fourth-order valence-corrected chi connectivity index (χ4v) is 3.02. The van der Waals surface area contributed by atoms with Gasteiger partial charge in [-0.15, -0.1) is 0 Å². The minimum absolute atomic E-state index is 0.0608. The van der Waals surface area contributed by atoms with E-state index in [4.69, 9.17) is 14.6 Å². The zero-order valence-corrected chi connectivity index (χ0v) is 19.8. The number of aromatic amines is 1. The number of nitrogens with zero attached hydrogens (tertiary/aromatic N) is 2. The summed E-state index contributed by atoms with van der Waals surface area (Å²) in [6.45, 7) is 6.09. The lowest BCUT2D eigenvalue weighted by Gasteiger charge is -2.10. The normalized spacial score (nSPS) is 12.8. The number of aliphatic hydroxyl groups excluding tert-OH is 1. The van der Waals surface area contributed by atoms with Gasteiger partial charge in [-0.05, 0) is 37.5 Å². The molecule has 0 amide bonds. The number of hydrogen-bond donors (Lipinski definition) is 2. The highest BCUT2D eigenvalue weighted by atomic mass is 16.5. The van der Waals surface area contributed by atoms with E-state index in [1.54, 1.807) is 0 Å². The van der Waals surface area contributed by atoms with Gasteiger partial charge < -0.3 is 14.6 Å². The maximum Gasteiger partial charge on any atom is 0.336 e. The van der Waals surface area contributed by atoms with Crippen LogP contribution in [0.3, 0.4) is 0 Å². The van der Waals surface area contributed by atoms with E-state index in [2.05, 4.69) is 13.8 Å². The molecule has 0 aromatic carbocycles. The minimum atomic E-state index is -0.932. The first kappa shape index (κ1) is 28.3. The van der Waals surface area contributed by atoms with Gasteiger partial charge in [-0.25, -0.2) is 23.5 Å². The molecular weight excluding hydrogens is 434 g/mol. The monoisotopic (exact) mass is 471 g/mol. The highest BCUT2D eigenvalue weighted by Crippen LogP contribution is 2.09. The van der Waals surface area contributed by atoms with Gasteiger partial charge in [-0.3, -0.25) is 14.6 Å². The SMILES string of the molecule is CCC(C)CCCOC(=O)CCn1c(=O)[nH]c(=O)n(CCC(=O)OCCCC(C)CO)c1=O. The van der Waals surface area contributed by atoms with Crippen LogP contribution in [0.4, 0.5) is 0 Å². The molecule has 0 bridgehead atoms. The van der Waals surface area contributed by atoms with Gasteiger partial charge in [0.1, 0.15) is 0 Å². The van der Waals surface area contributed by atoms with Crippen LogP contribution in [0.15, 0.2) is 14.4 Å². The third-order valence-corrected chi connectivity index (χ3v) is 5.46. The standard InChI is InChI=1S/C22H37N3O8/c1-4-16(2)7-5-13-32-18(27)9-11-24-20(29)23-21(30)25(22(24)31)12-10-19(28)33-14-6-8-17(3)15-26/h16-17,26H,4-15H2,1-3H3,(H,23,29,30). The molecule has 2 unspecified atom stereocenters. The third-order valence-electron chi connectivity index (χ3n) is 5.46. The Morgan fingerprint density at radius 1 is 0.879 bits per heavy atom. The Bertz CT molecular complexity index is 848. The number of carbonyl (C=O) groups is 2. The zero-order chi connectivity index (χ0) is 24.8. The van der Waals surface area contributed by atoms with Gasteiger partial charge in [0.25, 0.3) is 0 Å². The van der Waals surface area contributed by atoms with Crippen molar-refractivity contribution in [2.24, 2.45) is 11.8 Å². The van der Waals surface area contributed by atoms with E-state index in [1.165, 1.54) is 0 Å². The van der Waals surface area contributed by atoms with Crippen LogP contribution in [0.5, 0.6) is 0 Å². The van der Waals surface area contributed by atoms with E-state index in [-0.39, 0.29) is 51.7 Å². The van der Waals surface area contributed by atoms with Gasteiger partial charge in [0, 0.05) is 19.7 Å². The van der Waals surface area contributed by atoms with Gasteiger partial charge in [0.05, 0.1) is 26.1 Å². The highest BCUT2D eigenvalue weighted by molar-refractivity contribution is 5.69. The molecule has 1 rings (SSSR count). The van der Waals surface area contributed by atoms with E-state index in [1.807, 2.05) is 11.9 Å². The molecule has 0 radical (unpaired) electrons. The van der Waals surface area contributed by atoms with Crippen LogP contribution in [0.1, 0.15) is 65.7 Å². The highest BCUT2D eigenvalue weighted by Gasteiger charge is 2.14. The lowest BCUT2D eigenvalue weighted by Crippen LogP contribution is -2.49. The maximum absolute atomic E-state index is 12.6. The summed E-state index contributed by atoms with van der Waals surface area (Å²) in [4.78, 5) is 62.4. The van der Waals surface area contributed by atoms with E-state index < -0.39 is 29.0 Å². The summed E-state index contributed by atoms with van der Waals surface area (Å²) < 4.78 is 11.7. The average molecular weight is 472 g/mol. The molecule has 0 saturated carbocycles. The van der Waals surface area contributed by atoms with Crippen LogP contribution in [0.2, 0.25) is 0 Å². The predicted octanol–water partition coefficient (Wildman–Crippen LogP) is 0.800. The molecule has 1 aromatic heterocycles. The number of esters is 2. The van der Waals surface area contributed by atoms with E-state index in [0.717, 1.165) is 28.4 Å². The number of hydrogen-bond acceptors (Lipinski definition) is 8. The van der Waals surface area contributed by atoms with Crippen LogP contribution in [0, 0.1) is 11.8 Å². The molecule has 2 atom stereocenters. The van der Waals surface area contributed by atoms with Crippen molar-refractivity contribution in [2.75, 3.05) is 19.8 Å². The third kappa shape index (κ3) is 10.6. The zero-order valence-electron chi connectivity index (χ0n) is 19.8. The molecule has 188 valence electrons. The summed E-state index contributed by atoms with van der Waals surface area (Å²) in [6.07, 6.45) is 3.60. The van der Waals surface area contributed by atoms with Gasteiger partial charge >= 0.3 is 29.0 Å². The molecule has 1 heterocycles. The van der Waals surface area contributed by atoms with Gasteiger partial charge in [-0.2, -0.15) is 0 Å². The van der Waals surface area contributed by atoms with Crippen LogP contribution < -0.4 is 17.1 Å². The molecular formula is C22H37N3O8. The van der Waals surface area contributed by atoms with Crippen molar-refractivity contribution in [2.45, 2.75) is 78.8 Å². The number of aromatic nitrogens is 3. The topological polar surface area (TPSA) is 150 Å². The largest absolute Gasteiger partial charge is 0.466 e. The lowest BCUT2D eigenvalue weighted by atomic mass is 10.0. The first-order valence-electron chi connectivity index (χ1n) is 11.6. The second-order valence-electron chi connectivity index (χ2n) is 8.35. The van der Waals surface area contributed by atoms with Crippen LogP contribution in [-0.4, -0.2) is 51.0 Å². The van der Waals surface area contributed by atoms with Crippen molar-refractivity contribution < 1.29 is 24.2 Å². The second kappa shape index (κ2) is 15.2. The number of H-pyrrole nitrogens is 1. The first-order chi connectivity index (χ1) is 15.7. The van der Waals surface area contributed by atoms with E-state index >= 15 is 0 Å². The van der Waals surface area contributed by atoms with E-state index in [9.17, 15) is 24.0 Å². The summed E-state index contributed by atoms with van der Waals surface area (Å²) in [6, 6.07) is 0.